The van der Waals surface area contributed by atoms with Crippen LogP contribution in [0.2, 0.25) is 0 Å². The Morgan fingerprint density at radius 3 is 2.48 bits per heavy atom. The molecule has 2 saturated heterocycles. The van der Waals surface area contributed by atoms with Gasteiger partial charge in [-0.3, -0.25) is 19.3 Å². The molecule has 2 heterocycles. The number of nitrogens with zero attached hydrogens (tertiary/aromatic N) is 2. The van der Waals surface area contributed by atoms with Crippen molar-refractivity contribution in [2.24, 2.45) is 5.73 Å². The van der Waals surface area contributed by atoms with E-state index in [4.69, 9.17) is 10.5 Å². The van der Waals surface area contributed by atoms with Crippen LogP contribution >= 0.6 is 0 Å². The van der Waals surface area contributed by atoms with E-state index in [9.17, 15) is 18.8 Å². The molecule has 10 heteroatoms. The quantitative estimate of drug-likeness (QED) is 0.310. The monoisotopic (exact) mass is 603 g/mol. The molecule has 4 atom stereocenters. The summed E-state index contributed by atoms with van der Waals surface area (Å²) in [7, 11) is 1.58. The van der Waals surface area contributed by atoms with Crippen LogP contribution in [0.25, 0.3) is 10.8 Å². The lowest BCUT2D eigenvalue weighted by Gasteiger charge is -2.48. The number of hydrogen-bond donors (Lipinski definition) is 3. The Kier molecular flexibility index (Phi) is 9.93. The minimum atomic E-state index is -1.00. The second kappa shape index (κ2) is 13.8. The molecule has 2 aliphatic heterocycles. The predicted octanol–water partition coefficient (Wildman–Crippen LogP) is 2.40. The Morgan fingerprint density at radius 2 is 1.80 bits per heavy atom. The molecule has 3 aromatic carbocycles. The molecule has 0 saturated carbocycles. The van der Waals surface area contributed by atoms with Crippen molar-refractivity contribution in [2.45, 2.75) is 56.3 Å². The Balaban J connectivity index is 1.36. The van der Waals surface area contributed by atoms with Crippen molar-refractivity contribution in [3.63, 3.8) is 0 Å². The van der Waals surface area contributed by atoms with Crippen LogP contribution in [-0.4, -0.2) is 91.1 Å². The van der Waals surface area contributed by atoms with Gasteiger partial charge in [-0.15, -0.1) is 0 Å². The SMILES string of the molecule is COCC1CN(C(C)(Cc2ccc3ccccc3c2)C(N)=O)CCN1C(=O)C(Cc1ccc(F)cc1)NC(=O)C1CCCN1. The number of fused-ring (bicyclic) bond motifs is 1. The normalized spacial score (nSPS) is 21.1. The van der Waals surface area contributed by atoms with Gasteiger partial charge in [0.2, 0.25) is 17.7 Å². The first-order chi connectivity index (χ1) is 21.2. The fraction of sp³-hybridized carbons (Fsp3) is 0.441. The van der Waals surface area contributed by atoms with E-state index in [-0.39, 0.29) is 42.7 Å². The largest absolute Gasteiger partial charge is 0.382 e. The van der Waals surface area contributed by atoms with Crippen LogP contribution in [0.15, 0.2) is 66.7 Å². The third kappa shape index (κ3) is 7.09. The number of rotatable bonds is 11. The molecule has 9 nitrogen and oxygen atoms in total. The number of carbonyl (C=O) groups is 3. The Labute approximate surface area is 257 Å². The van der Waals surface area contributed by atoms with Crippen molar-refractivity contribution in [1.82, 2.24) is 20.4 Å². The van der Waals surface area contributed by atoms with Crippen LogP contribution in [0, 0.1) is 5.82 Å². The van der Waals surface area contributed by atoms with Crippen LogP contribution < -0.4 is 16.4 Å². The van der Waals surface area contributed by atoms with E-state index in [2.05, 4.69) is 16.7 Å². The lowest BCUT2D eigenvalue weighted by molar-refractivity contribution is -0.146. The summed E-state index contributed by atoms with van der Waals surface area (Å²) in [5.41, 5.74) is 6.80. The molecule has 0 radical (unpaired) electrons. The van der Waals surface area contributed by atoms with Crippen LogP contribution in [0.3, 0.4) is 0 Å². The molecule has 3 amide bonds. The number of hydrogen-bond acceptors (Lipinski definition) is 6. The molecule has 5 rings (SSSR count). The van der Waals surface area contributed by atoms with Gasteiger partial charge < -0.3 is 26.0 Å². The van der Waals surface area contributed by atoms with Gasteiger partial charge in [0.25, 0.3) is 0 Å². The van der Waals surface area contributed by atoms with Crippen LogP contribution in [-0.2, 0) is 32.0 Å². The second-order valence-corrected chi connectivity index (χ2v) is 12.1. The van der Waals surface area contributed by atoms with Crippen molar-refractivity contribution in [3.8, 4) is 0 Å². The lowest BCUT2D eigenvalue weighted by atomic mass is 9.87. The summed E-state index contributed by atoms with van der Waals surface area (Å²) >= 11 is 0. The van der Waals surface area contributed by atoms with E-state index in [0.717, 1.165) is 34.9 Å². The lowest BCUT2D eigenvalue weighted by Crippen LogP contribution is -2.67. The molecule has 2 aliphatic rings. The molecular formula is C34H42FN5O4. The number of amides is 3. The number of nitrogens with one attached hydrogen (secondary N) is 2. The summed E-state index contributed by atoms with van der Waals surface area (Å²) in [5.74, 6) is -1.26. The van der Waals surface area contributed by atoms with Crippen molar-refractivity contribution in [3.05, 3.63) is 83.7 Å². The van der Waals surface area contributed by atoms with Gasteiger partial charge in [0.05, 0.1) is 18.7 Å². The molecule has 234 valence electrons. The predicted molar refractivity (Wildman–Crippen MR) is 167 cm³/mol. The maximum atomic E-state index is 14.2. The minimum absolute atomic E-state index is 0.221. The highest BCUT2D eigenvalue weighted by Crippen LogP contribution is 2.27. The molecular weight excluding hydrogens is 561 g/mol. The smallest absolute Gasteiger partial charge is 0.245 e. The van der Waals surface area contributed by atoms with Gasteiger partial charge in [-0.25, -0.2) is 4.39 Å². The summed E-state index contributed by atoms with van der Waals surface area (Å²) in [5, 5.41) is 8.37. The average Bonchev–Trinajstić information content (AvgIpc) is 3.57. The van der Waals surface area contributed by atoms with E-state index in [1.807, 2.05) is 48.2 Å². The highest BCUT2D eigenvalue weighted by atomic mass is 19.1. The van der Waals surface area contributed by atoms with Crippen LogP contribution in [0.4, 0.5) is 4.39 Å². The summed E-state index contributed by atoms with van der Waals surface area (Å²) in [6.07, 6.45) is 2.23. The van der Waals surface area contributed by atoms with Gasteiger partial charge in [0.1, 0.15) is 17.4 Å². The molecule has 0 aromatic heterocycles. The molecule has 4 unspecified atom stereocenters. The standard InChI is InChI=1S/C34H42FN5O4/c1-34(33(36)43,20-24-9-12-25-6-3-4-7-26(25)18-24)39-16-17-40(28(21-39)22-44-2)32(42)30(19-23-10-13-27(35)14-11-23)38-31(41)29-8-5-15-37-29/h3-4,6-7,9-14,18,28-30,37H,5,8,15-17,19-22H2,1-2H3,(H2,36,43)(H,38,41). The molecule has 3 aromatic rings. The van der Waals surface area contributed by atoms with E-state index in [1.54, 1.807) is 24.1 Å². The topological polar surface area (TPSA) is 117 Å². The Bertz CT molecular complexity index is 1480. The van der Waals surface area contributed by atoms with E-state index < -0.39 is 17.5 Å². The molecule has 0 spiro atoms. The van der Waals surface area contributed by atoms with Crippen LogP contribution in [0.5, 0.6) is 0 Å². The third-order valence-electron chi connectivity index (χ3n) is 9.06. The summed E-state index contributed by atoms with van der Waals surface area (Å²) in [6, 6.07) is 18.6. The molecule has 2 fully saturated rings. The van der Waals surface area contributed by atoms with E-state index in [1.165, 1.54) is 12.1 Å². The Morgan fingerprint density at radius 1 is 1.07 bits per heavy atom. The molecule has 0 bridgehead atoms. The number of ether oxygens (including phenoxy) is 1. The molecule has 44 heavy (non-hydrogen) atoms. The average molecular weight is 604 g/mol. The fourth-order valence-electron chi connectivity index (χ4n) is 6.47. The maximum Gasteiger partial charge on any atom is 0.245 e. The zero-order valence-corrected chi connectivity index (χ0v) is 25.4. The number of benzene rings is 3. The van der Waals surface area contributed by atoms with Crippen LogP contribution in [0.1, 0.15) is 30.9 Å². The maximum absolute atomic E-state index is 14.2. The number of carbonyl (C=O) groups excluding carboxylic acids is 3. The highest BCUT2D eigenvalue weighted by Gasteiger charge is 2.44. The van der Waals surface area contributed by atoms with Gasteiger partial charge >= 0.3 is 0 Å². The summed E-state index contributed by atoms with van der Waals surface area (Å²) in [6.45, 7) is 3.97. The first-order valence-corrected chi connectivity index (χ1v) is 15.3. The van der Waals surface area contributed by atoms with Crippen molar-refractivity contribution >= 4 is 28.5 Å². The van der Waals surface area contributed by atoms with Crippen molar-refractivity contribution in [2.75, 3.05) is 39.9 Å². The van der Waals surface area contributed by atoms with E-state index in [0.29, 0.717) is 32.5 Å². The number of halogens is 1. The fourth-order valence-corrected chi connectivity index (χ4v) is 6.47. The zero-order chi connectivity index (χ0) is 31.3. The van der Waals surface area contributed by atoms with E-state index >= 15 is 0 Å². The molecule has 0 aliphatic carbocycles. The summed E-state index contributed by atoms with van der Waals surface area (Å²) < 4.78 is 19.2. The van der Waals surface area contributed by atoms with Gasteiger partial charge in [0, 0.05) is 33.2 Å². The zero-order valence-electron chi connectivity index (χ0n) is 25.4. The highest BCUT2D eigenvalue weighted by molar-refractivity contribution is 5.90. The minimum Gasteiger partial charge on any atom is -0.382 e. The number of piperazine rings is 1. The van der Waals surface area contributed by atoms with Gasteiger partial charge in [-0.1, -0.05) is 54.6 Å². The van der Waals surface area contributed by atoms with Crippen molar-refractivity contribution < 1.29 is 23.5 Å². The van der Waals surface area contributed by atoms with Crippen molar-refractivity contribution in [1.29, 1.82) is 0 Å². The van der Waals surface area contributed by atoms with Gasteiger partial charge in [-0.05, 0) is 66.8 Å². The Hall–Kier alpha value is -3.86. The third-order valence-corrected chi connectivity index (χ3v) is 9.06. The summed E-state index contributed by atoms with van der Waals surface area (Å²) in [4.78, 5) is 44.1. The van der Waals surface area contributed by atoms with Gasteiger partial charge in [0.15, 0.2) is 0 Å². The molecule has 4 N–H and O–H groups in total. The number of methoxy groups -OCH3 is 1. The van der Waals surface area contributed by atoms with Gasteiger partial charge in [-0.2, -0.15) is 0 Å². The number of nitrogens with two attached hydrogens (primary N) is 1. The first kappa shape index (κ1) is 31.6. The number of primary amides is 1. The second-order valence-electron chi connectivity index (χ2n) is 12.1. The first-order valence-electron chi connectivity index (χ1n) is 15.3.